The van der Waals surface area contributed by atoms with Crippen molar-refractivity contribution in [2.24, 2.45) is 0 Å². The van der Waals surface area contributed by atoms with Crippen molar-refractivity contribution >= 4 is 79.5 Å². The van der Waals surface area contributed by atoms with Gasteiger partial charge in [-0.15, -0.1) is 0 Å². The van der Waals surface area contributed by atoms with Gasteiger partial charge in [0.05, 0.1) is 9.79 Å². The number of hydrogen-bond acceptors (Lipinski definition) is 6. The van der Waals surface area contributed by atoms with E-state index in [1.807, 2.05) is 12.1 Å². The van der Waals surface area contributed by atoms with E-state index in [1.165, 1.54) is 190 Å². The number of rotatable bonds is 38. The zero-order valence-corrected chi connectivity index (χ0v) is 48.0. The normalized spacial score (nSPS) is 11.8. The third-order valence-corrected chi connectivity index (χ3v) is 15.9. The second kappa shape index (κ2) is 38.1. The quantitative estimate of drug-likeness (QED) is 0.0251. The molecule has 0 aromatic heterocycles. The van der Waals surface area contributed by atoms with Crippen LogP contribution in [0.2, 0.25) is 0 Å². The Bertz CT molecular complexity index is 2030. The number of hydrogen-bond donors (Lipinski definition) is 0. The first kappa shape index (κ1) is 63.6. The van der Waals surface area contributed by atoms with Crippen molar-refractivity contribution in [3.8, 4) is 0 Å². The van der Waals surface area contributed by atoms with Gasteiger partial charge in [0.1, 0.15) is 20.2 Å². The van der Waals surface area contributed by atoms with E-state index in [-0.39, 0.29) is 47.5 Å². The minimum absolute atomic E-state index is 0. The zero-order chi connectivity index (χ0) is 49.3. The molecular formula is C60H94CaO6S2. The van der Waals surface area contributed by atoms with E-state index in [9.17, 15) is 25.9 Å². The molecule has 0 fully saturated rings. The molecule has 0 saturated carbocycles. The van der Waals surface area contributed by atoms with Crippen LogP contribution in [0.1, 0.15) is 255 Å². The van der Waals surface area contributed by atoms with Gasteiger partial charge in [0.2, 0.25) is 0 Å². The summed E-state index contributed by atoms with van der Waals surface area (Å²) in [7, 11) is -9.01. The third-order valence-electron chi connectivity index (χ3n) is 14.1. The molecule has 0 heterocycles. The van der Waals surface area contributed by atoms with Crippen LogP contribution >= 0.6 is 0 Å². The summed E-state index contributed by atoms with van der Waals surface area (Å²) in [6, 6.07) is 18.9. The summed E-state index contributed by atoms with van der Waals surface area (Å²) < 4.78 is 72.4. The number of benzene rings is 4. The van der Waals surface area contributed by atoms with Gasteiger partial charge < -0.3 is 9.11 Å². The minimum atomic E-state index is -4.51. The topological polar surface area (TPSA) is 114 Å². The van der Waals surface area contributed by atoms with E-state index in [0.717, 1.165) is 86.1 Å². The van der Waals surface area contributed by atoms with Gasteiger partial charge in [0, 0.05) is 10.8 Å². The van der Waals surface area contributed by atoms with Crippen LogP contribution in [0.5, 0.6) is 0 Å². The van der Waals surface area contributed by atoms with Crippen molar-refractivity contribution in [2.45, 2.75) is 269 Å². The van der Waals surface area contributed by atoms with Crippen LogP contribution in [0.3, 0.4) is 0 Å². The smallest absolute Gasteiger partial charge is 0.744 e. The maximum Gasteiger partial charge on any atom is 2.00 e. The van der Waals surface area contributed by atoms with Gasteiger partial charge in [-0.05, 0) is 96.5 Å². The van der Waals surface area contributed by atoms with Crippen LogP contribution < -0.4 is 0 Å². The molecule has 4 rings (SSSR count). The molecule has 0 saturated heterocycles. The minimum Gasteiger partial charge on any atom is -0.744 e. The summed E-state index contributed by atoms with van der Waals surface area (Å²) in [5.74, 6) is 0. The molecule has 0 spiro atoms. The van der Waals surface area contributed by atoms with Gasteiger partial charge in [-0.1, -0.05) is 256 Å². The van der Waals surface area contributed by atoms with Crippen molar-refractivity contribution in [3.63, 3.8) is 0 Å². The fraction of sp³-hybridized carbons (Fsp3) is 0.667. The molecule has 0 aliphatic heterocycles. The summed E-state index contributed by atoms with van der Waals surface area (Å²) in [6.07, 6.45) is 43.7. The third kappa shape index (κ3) is 25.3. The molecule has 0 aliphatic rings. The van der Waals surface area contributed by atoms with E-state index in [0.29, 0.717) is 10.8 Å². The summed E-state index contributed by atoms with van der Waals surface area (Å²) >= 11 is 0. The molecule has 0 atom stereocenters. The van der Waals surface area contributed by atoms with E-state index in [2.05, 4.69) is 52.0 Å². The Balaban J connectivity index is 0.000000467. The molecule has 0 aliphatic carbocycles. The van der Waals surface area contributed by atoms with Crippen LogP contribution in [-0.2, 0) is 45.9 Å². The summed E-state index contributed by atoms with van der Waals surface area (Å²) in [5.41, 5.74) is 4.36. The number of aryl methyl sites for hydroxylation is 4. The first-order valence-electron chi connectivity index (χ1n) is 28.0. The molecule has 384 valence electrons. The second-order valence-electron chi connectivity index (χ2n) is 19.9. The Morgan fingerprint density at radius 3 is 0.768 bits per heavy atom. The number of fused-ring (bicyclic) bond motifs is 2. The predicted molar refractivity (Wildman–Crippen MR) is 295 cm³/mol. The van der Waals surface area contributed by atoms with Gasteiger partial charge in [-0.25, -0.2) is 16.8 Å². The van der Waals surface area contributed by atoms with E-state index in [4.69, 9.17) is 0 Å². The van der Waals surface area contributed by atoms with Gasteiger partial charge in [-0.2, -0.15) is 0 Å². The summed E-state index contributed by atoms with van der Waals surface area (Å²) in [4.78, 5) is -0.0883. The van der Waals surface area contributed by atoms with Gasteiger partial charge in [0.25, 0.3) is 0 Å². The molecule has 0 unspecified atom stereocenters. The van der Waals surface area contributed by atoms with Crippen molar-refractivity contribution < 1.29 is 25.9 Å². The van der Waals surface area contributed by atoms with Crippen LogP contribution in [0, 0.1) is 0 Å². The maximum absolute atomic E-state index is 12.1. The molecule has 69 heavy (non-hydrogen) atoms. The van der Waals surface area contributed by atoms with Crippen LogP contribution in [0.15, 0.2) is 70.5 Å². The molecule has 0 radical (unpaired) electrons. The Morgan fingerprint density at radius 2 is 0.522 bits per heavy atom. The maximum atomic E-state index is 12.1. The van der Waals surface area contributed by atoms with Crippen LogP contribution in [-0.4, -0.2) is 63.7 Å². The molecule has 4 aromatic rings. The Labute approximate surface area is 453 Å². The fourth-order valence-corrected chi connectivity index (χ4v) is 11.5. The SMILES string of the molecule is CCCCCCCCCCc1ccc(CCCCCCCCCC)c2c(S(=O)(=O)[O-])cccc12.CCCCCCCCCCc1ccc(CCCCCCCCCC)c2c(S(=O)(=O)[O-])cccc12.[Ca+2]. The zero-order valence-electron chi connectivity index (χ0n) is 44.2. The molecular weight excluding hydrogens is 921 g/mol. The summed E-state index contributed by atoms with van der Waals surface area (Å²) in [5, 5.41) is 3.27. The van der Waals surface area contributed by atoms with Gasteiger partial charge in [0.15, 0.2) is 0 Å². The predicted octanol–water partition coefficient (Wildman–Crippen LogP) is 17.8. The fourth-order valence-electron chi connectivity index (χ4n) is 10.1. The average Bonchev–Trinajstić information content (AvgIpc) is 3.32. The van der Waals surface area contributed by atoms with Crippen molar-refractivity contribution in [3.05, 3.63) is 82.9 Å². The Kier molecular flexibility index (Phi) is 35.1. The Hall–Kier alpha value is -1.52. The van der Waals surface area contributed by atoms with Crippen molar-refractivity contribution in [1.29, 1.82) is 0 Å². The molecule has 0 N–H and O–H groups in total. The average molecular weight is 1020 g/mol. The van der Waals surface area contributed by atoms with Crippen LogP contribution in [0.4, 0.5) is 0 Å². The monoisotopic (exact) mass is 1010 g/mol. The number of unbranched alkanes of at least 4 members (excludes halogenated alkanes) is 28. The first-order chi connectivity index (χ1) is 33.0. The molecule has 9 heteroatoms. The van der Waals surface area contributed by atoms with Gasteiger partial charge >= 0.3 is 37.7 Å². The molecule has 0 bridgehead atoms. The standard InChI is InChI=1S/2C30H48O3S.Ca/c2*1-3-5-7-9-11-13-15-17-20-26-24-25-27(21-18-16-14-12-10-8-6-4-2)30-28(26)22-19-23-29(30)34(31,32)33;/h2*19,22-25H,3-18,20-21H2,1-2H3,(H,31,32,33);/q;;+2/p-2. The molecule has 0 amide bonds. The van der Waals surface area contributed by atoms with Crippen LogP contribution in [0.25, 0.3) is 21.5 Å². The van der Waals surface area contributed by atoms with Crippen molar-refractivity contribution in [1.82, 2.24) is 0 Å². The second-order valence-corrected chi connectivity index (χ2v) is 22.6. The van der Waals surface area contributed by atoms with E-state index < -0.39 is 20.2 Å². The van der Waals surface area contributed by atoms with E-state index in [1.54, 1.807) is 12.1 Å². The summed E-state index contributed by atoms with van der Waals surface area (Å²) in [6.45, 7) is 8.96. The molecule has 4 aromatic carbocycles. The Morgan fingerprint density at radius 1 is 0.304 bits per heavy atom. The van der Waals surface area contributed by atoms with Crippen molar-refractivity contribution in [2.75, 3.05) is 0 Å². The largest absolute Gasteiger partial charge is 2.00 e. The van der Waals surface area contributed by atoms with Gasteiger partial charge in [-0.3, -0.25) is 0 Å². The molecule has 6 nitrogen and oxygen atoms in total. The van der Waals surface area contributed by atoms with E-state index >= 15 is 0 Å². The first-order valence-corrected chi connectivity index (χ1v) is 30.8.